The summed E-state index contributed by atoms with van der Waals surface area (Å²) < 4.78 is 0. The van der Waals surface area contributed by atoms with E-state index in [1.54, 1.807) is 0 Å². The van der Waals surface area contributed by atoms with Gasteiger partial charge in [0.05, 0.1) is 0 Å². The van der Waals surface area contributed by atoms with Crippen molar-refractivity contribution in [3.05, 3.63) is 13.8 Å². The molecule has 0 saturated carbocycles. The lowest BCUT2D eigenvalue weighted by atomic mass is 10.4. The fourth-order valence-electron chi connectivity index (χ4n) is 0.433. The standard InChI is InChI=1S/C7H16Si/c1-6-7(2)8(3,4)5/h7H,1-2,6H2,3-5H3. The summed E-state index contributed by atoms with van der Waals surface area (Å²) >= 11 is 0. The topological polar surface area (TPSA) is 0 Å². The van der Waals surface area contributed by atoms with Crippen LogP contribution in [0.2, 0.25) is 25.2 Å². The van der Waals surface area contributed by atoms with Crippen molar-refractivity contribution in [2.24, 2.45) is 0 Å². The first-order valence-electron chi connectivity index (χ1n) is 3.11. The first-order valence-corrected chi connectivity index (χ1v) is 6.68. The molecule has 0 nitrogen and oxygen atoms in total. The third-order valence-electron chi connectivity index (χ3n) is 1.57. The molecule has 0 aromatic carbocycles. The number of hydrogen-bond acceptors (Lipinski definition) is 0. The first-order chi connectivity index (χ1) is 3.48. The lowest BCUT2D eigenvalue weighted by Gasteiger charge is -2.22. The highest BCUT2D eigenvalue weighted by Crippen LogP contribution is 2.22. The van der Waals surface area contributed by atoms with E-state index in [-0.39, 0.29) is 0 Å². The average Bonchev–Trinajstić information content (AvgIpc) is 1.62. The second-order valence-corrected chi connectivity index (χ2v) is 8.90. The van der Waals surface area contributed by atoms with E-state index < -0.39 is 8.07 Å². The molecule has 0 aromatic rings. The van der Waals surface area contributed by atoms with Crippen molar-refractivity contribution >= 4 is 8.07 Å². The molecule has 0 heterocycles. The summed E-state index contributed by atoms with van der Waals surface area (Å²) in [6, 6.07) is 0. The minimum absolute atomic E-state index is 0.627. The Hall–Kier alpha value is 0.217. The fourth-order valence-corrected chi connectivity index (χ4v) is 1.30. The van der Waals surface area contributed by atoms with Gasteiger partial charge >= 0.3 is 0 Å². The maximum atomic E-state index is 4.03. The minimum Gasteiger partial charge on any atom is -0.0693 e. The van der Waals surface area contributed by atoms with Crippen LogP contribution in [0.15, 0.2) is 0 Å². The molecular formula is C7H16Si. The van der Waals surface area contributed by atoms with Gasteiger partial charge in [-0.1, -0.05) is 39.9 Å². The molecule has 1 unspecified atom stereocenters. The Balaban J connectivity index is 3.62. The zero-order valence-electron chi connectivity index (χ0n) is 6.20. The molecule has 0 aliphatic rings. The second-order valence-electron chi connectivity index (χ2n) is 3.35. The van der Waals surface area contributed by atoms with Gasteiger partial charge in [-0.05, 0) is 5.54 Å². The number of rotatable bonds is 2. The van der Waals surface area contributed by atoms with E-state index in [1.807, 2.05) is 0 Å². The van der Waals surface area contributed by atoms with Crippen LogP contribution >= 0.6 is 0 Å². The second kappa shape index (κ2) is 2.67. The van der Waals surface area contributed by atoms with Crippen molar-refractivity contribution < 1.29 is 0 Å². The van der Waals surface area contributed by atoms with Gasteiger partial charge in [0.25, 0.3) is 0 Å². The Bertz CT molecular complexity index is 61.3. The Morgan fingerprint density at radius 3 is 1.75 bits per heavy atom. The SMILES string of the molecule is [CH2]CC([CH2])[Si](C)(C)C. The third kappa shape index (κ3) is 2.51. The van der Waals surface area contributed by atoms with Crippen LogP contribution in [0.1, 0.15) is 6.42 Å². The molecule has 48 valence electrons. The lowest BCUT2D eigenvalue weighted by molar-refractivity contribution is 0.987. The molecule has 1 atom stereocenters. The zero-order valence-corrected chi connectivity index (χ0v) is 7.20. The van der Waals surface area contributed by atoms with Gasteiger partial charge in [-0.2, -0.15) is 0 Å². The monoisotopic (exact) mass is 128 g/mol. The van der Waals surface area contributed by atoms with Crippen molar-refractivity contribution in [1.82, 2.24) is 0 Å². The van der Waals surface area contributed by atoms with Gasteiger partial charge in [-0.3, -0.25) is 0 Å². The molecule has 0 fully saturated rings. The molecule has 0 saturated heterocycles. The largest absolute Gasteiger partial charge is 0.0693 e. The van der Waals surface area contributed by atoms with Gasteiger partial charge in [0, 0.05) is 8.07 Å². The average molecular weight is 128 g/mol. The van der Waals surface area contributed by atoms with E-state index in [0.717, 1.165) is 6.42 Å². The molecule has 0 aromatic heterocycles. The van der Waals surface area contributed by atoms with Crippen LogP contribution in [0, 0.1) is 13.8 Å². The quantitative estimate of drug-likeness (QED) is 0.502. The molecule has 0 spiro atoms. The summed E-state index contributed by atoms with van der Waals surface area (Å²) in [5, 5.41) is 0. The van der Waals surface area contributed by atoms with Crippen LogP contribution in [0.3, 0.4) is 0 Å². The molecule has 0 bridgehead atoms. The number of hydrogen-bond donors (Lipinski definition) is 0. The van der Waals surface area contributed by atoms with Crippen molar-refractivity contribution in [2.45, 2.75) is 31.6 Å². The van der Waals surface area contributed by atoms with Crippen LogP contribution in [0.4, 0.5) is 0 Å². The molecular weight excluding hydrogens is 112 g/mol. The lowest BCUT2D eigenvalue weighted by Crippen LogP contribution is -2.25. The Morgan fingerprint density at radius 2 is 1.75 bits per heavy atom. The molecule has 0 rings (SSSR count). The Morgan fingerprint density at radius 1 is 1.38 bits per heavy atom. The predicted molar refractivity (Wildman–Crippen MR) is 42.4 cm³/mol. The van der Waals surface area contributed by atoms with E-state index in [2.05, 4.69) is 33.5 Å². The highest BCUT2D eigenvalue weighted by atomic mass is 28.3. The van der Waals surface area contributed by atoms with Crippen molar-refractivity contribution in [3.8, 4) is 0 Å². The van der Waals surface area contributed by atoms with Gasteiger partial charge in [0.1, 0.15) is 0 Å². The molecule has 0 amide bonds. The molecule has 0 N–H and O–H groups in total. The Labute approximate surface area is 54.3 Å². The van der Waals surface area contributed by atoms with Gasteiger partial charge in [0.2, 0.25) is 0 Å². The molecule has 1 heteroatoms. The summed E-state index contributed by atoms with van der Waals surface area (Å²) in [6.07, 6.45) is 0.996. The van der Waals surface area contributed by atoms with Gasteiger partial charge in [0.15, 0.2) is 0 Å². The third-order valence-corrected chi connectivity index (χ3v) is 4.31. The van der Waals surface area contributed by atoms with E-state index in [4.69, 9.17) is 0 Å². The summed E-state index contributed by atoms with van der Waals surface area (Å²) in [5.74, 6) is 0. The molecule has 8 heavy (non-hydrogen) atoms. The zero-order chi connectivity index (χ0) is 6.78. The first kappa shape index (κ1) is 8.22. The summed E-state index contributed by atoms with van der Waals surface area (Å²) in [4.78, 5) is 0. The molecule has 0 aliphatic heterocycles. The van der Waals surface area contributed by atoms with Gasteiger partial charge in [-0.25, -0.2) is 0 Å². The summed E-state index contributed by atoms with van der Waals surface area (Å²) in [6.45, 7) is 14.8. The van der Waals surface area contributed by atoms with E-state index in [0.29, 0.717) is 5.54 Å². The van der Waals surface area contributed by atoms with Crippen LogP contribution in [-0.4, -0.2) is 8.07 Å². The van der Waals surface area contributed by atoms with Crippen LogP contribution < -0.4 is 0 Å². The fraction of sp³-hybridized carbons (Fsp3) is 0.714. The summed E-state index contributed by atoms with van der Waals surface area (Å²) in [7, 11) is -0.934. The van der Waals surface area contributed by atoms with E-state index >= 15 is 0 Å². The molecule has 2 radical (unpaired) electrons. The van der Waals surface area contributed by atoms with Crippen LogP contribution in [0.5, 0.6) is 0 Å². The summed E-state index contributed by atoms with van der Waals surface area (Å²) in [5.41, 5.74) is 0.627. The normalized spacial score (nSPS) is 16.1. The highest BCUT2D eigenvalue weighted by Gasteiger charge is 2.19. The highest BCUT2D eigenvalue weighted by molar-refractivity contribution is 6.77. The van der Waals surface area contributed by atoms with E-state index in [9.17, 15) is 0 Å². The van der Waals surface area contributed by atoms with Crippen molar-refractivity contribution in [1.29, 1.82) is 0 Å². The Kier molecular flexibility index (Phi) is 2.74. The smallest absolute Gasteiger partial charge is 0.0473 e. The van der Waals surface area contributed by atoms with Crippen molar-refractivity contribution in [3.63, 3.8) is 0 Å². The maximum Gasteiger partial charge on any atom is 0.0473 e. The minimum atomic E-state index is -0.934. The van der Waals surface area contributed by atoms with Gasteiger partial charge < -0.3 is 0 Å². The van der Waals surface area contributed by atoms with Crippen LogP contribution in [-0.2, 0) is 0 Å². The van der Waals surface area contributed by atoms with Crippen LogP contribution in [0.25, 0.3) is 0 Å². The van der Waals surface area contributed by atoms with E-state index in [1.165, 1.54) is 0 Å². The maximum absolute atomic E-state index is 4.03. The predicted octanol–water partition coefficient (Wildman–Crippen LogP) is 2.75. The van der Waals surface area contributed by atoms with Crippen molar-refractivity contribution in [2.75, 3.05) is 0 Å². The van der Waals surface area contributed by atoms with Gasteiger partial charge in [-0.15, -0.1) is 0 Å². The molecule has 0 aliphatic carbocycles.